The minimum absolute atomic E-state index is 0.230. The van der Waals surface area contributed by atoms with E-state index < -0.39 is 0 Å². The van der Waals surface area contributed by atoms with Crippen LogP contribution in [-0.4, -0.2) is 17.2 Å². The minimum atomic E-state index is -0.235. The van der Waals surface area contributed by atoms with Crippen LogP contribution in [0.4, 0.5) is 0 Å². The Morgan fingerprint density at radius 2 is 2.21 bits per heavy atom. The Bertz CT molecular complexity index is 534. The van der Waals surface area contributed by atoms with Crippen LogP contribution in [0.1, 0.15) is 16.7 Å². The van der Waals surface area contributed by atoms with Gasteiger partial charge in [-0.1, -0.05) is 24.8 Å². The van der Waals surface area contributed by atoms with Crippen molar-refractivity contribution in [2.75, 3.05) is 6.54 Å². The van der Waals surface area contributed by atoms with Crippen molar-refractivity contribution < 1.29 is 4.79 Å². The topological polar surface area (TPSA) is 72.4 Å². The van der Waals surface area contributed by atoms with Crippen molar-refractivity contribution in [2.45, 2.75) is 19.5 Å². The van der Waals surface area contributed by atoms with Crippen LogP contribution in [0.2, 0.25) is 0 Å². The fourth-order valence-corrected chi connectivity index (χ4v) is 2.25. The lowest BCUT2D eigenvalue weighted by molar-refractivity contribution is -0.111. The maximum atomic E-state index is 11.4. The number of nitrogens with zero attached hydrogens (tertiary/aromatic N) is 1. The van der Waals surface area contributed by atoms with E-state index in [-0.39, 0.29) is 11.5 Å². The van der Waals surface area contributed by atoms with E-state index in [9.17, 15) is 4.79 Å². The monoisotopic (exact) mass is 257 g/mol. The maximum absolute atomic E-state index is 11.4. The first-order valence-corrected chi connectivity index (χ1v) is 6.33. The highest BCUT2D eigenvalue weighted by molar-refractivity contribution is 6.02. The number of benzene rings is 1. The Hall–Kier alpha value is -2.07. The van der Waals surface area contributed by atoms with Crippen LogP contribution in [0.15, 0.2) is 42.8 Å². The zero-order valence-electron chi connectivity index (χ0n) is 10.9. The quantitative estimate of drug-likeness (QED) is 0.791. The smallest absolute Gasteiger partial charge is 0.202 e. The molecule has 1 aromatic carbocycles. The molecule has 19 heavy (non-hydrogen) atoms. The number of rotatable bonds is 4. The van der Waals surface area contributed by atoms with Crippen molar-refractivity contribution in [3.05, 3.63) is 59.4 Å². The Morgan fingerprint density at radius 1 is 1.42 bits per heavy atom. The highest BCUT2D eigenvalue weighted by Gasteiger charge is 2.15. The zero-order chi connectivity index (χ0) is 13.8. The lowest BCUT2D eigenvalue weighted by Gasteiger charge is -2.28. The van der Waals surface area contributed by atoms with Crippen molar-refractivity contribution >= 4 is 5.78 Å². The van der Waals surface area contributed by atoms with E-state index in [1.54, 1.807) is 6.20 Å². The van der Waals surface area contributed by atoms with Crippen LogP contribution >= 0.6 is 0 Å². The number of nitrogens with two attached hydrogens (primary N) is 2. The van der Waals surface area contributed by atoms with E-state index in [2.05, 4.69) is 29.7 Å². The molecule has 4 N–H and O–H groups in total. The average Bonchev–Trinajstić information content (AvgIpc) is 2.45. The molecule has 0 radical (unpaired) electrons. The van der Waals surface area contributed by atoms with Gasteiger partial charge < -0.3 is 16.4 Å². The van der Waals surface area contributed by atoms with Crippen LogP contribution in [0.5, 0.6) is 0 Å². The minimum Gasteiger partial charge on any atom is -0.394 e. The second kappa shape index (κ2) is 5.71. The van der Waals surface area contributed by atoms with Gasteiger partial charge in [-0.15, -0.1) is 0 Å². The Kier molecular flexibility index (Phi) is 4.02. The lowest BCUT2D eigenvalue weighted by Crippen LogP contribution is -2.28. The van der Waals surface area contributed by atoms with Gasteiger partial charge in [-0.2, -0.15) is 0 Å². The van der Waals surface area contributed by atoms with Crippen molar-refractivity contribution in [1.82, 2.24) is 4.90 Å². The van der Waals surface area contributed by atoms with Crippen LogP contribution in [0.3, 0.4) is 0 Å². The van der Waals surface area contributed by atoms with Gasteiger partial charge in [0.2, 0.25) is 5.78 Å². The fourth-order valence-electron chi connectivity index (χ4n) is 2.25. The molecule has 0 fully saturated rings. The van der Waals surface area contributed by atoms with Gasteiger partial charge in [0.1, 0.15) is 0 Å². The molecule has 0 saturated carbocycles. The van der Waals surface area contributed by atoms with Gasteiger partial charge in [0.15, 0.2) is 0 Å². The van der Waals surface area contributed by atoms with Gasteiger partial charge in [0.25, 0.3) is 0 Å². The maximum Gasteiger partial charge on any atom is 0.202 e. The fraction of sp³-hybridized carbons (Fsp3) is 0.267. The van der Waals surface area contributed by atoms with Crippen molar-refractivity contribution in [1.29, 1.82) is 0 Å². The molecule has 1 aliphatic heterocycles. The van der Waals surface area contributed by atoms with E-state index in [1.807, 2.05) is 0 Å². The first-order chi connectivity index (χ1) is 9.13. The number of ketones is 1. The summed E-state index contributed by atoms with van der Waals surface area (Å²) in [7, 11) is 0. The van der Waals surface area contributed by atoms with E-state index in [1.165, 1.54) is 17.2 Å². The highest BCUT2D eigenvalue weighted by atomic mass is 16.1. The molecular formula is C15H19N3O. The molecule has 100 valence electrons. The Labute approximate surface area is 113 Å². The van der Waals surface area contributed by atoms with Crippen LogP contribution in [0.25, 0.3) is 0 Å². The number of hydrogen-bond donors (Lipinski definition) is 2. The Balaban J connectivity index is 2.17. The third-order valence-electron chi connectivity index (χ3n) is 3.34. The van der Waals surface area contributed by atoms with Crippen LogP contribution in [0, 0.1) is 0 Å². The number of carbonyl (C=O) groups excluding carboxylic acids is 1. The summed E-state index contributed by atoms with van der Waals surface area (Å²) in [4.78, 5) is 13.4. The summed E-state index contributed by atoms with van der Waals surface area (Å²) in [6.45, 7) is 5.59. The molecule has 0 bridgehead atoms. The predicted octanol–water partition coefficient (Wildman–Crippen LogP) is 1.06. The molecule has 2 rings (SSSR count). The summed E-state index contributed by atoms with van der Waals surface area (Å²) in [5.41, 5.74) is 15.3. The van der Waals surface area contributed by atoms with Gasteiger partial charge in [-0.05, 0) is 29.2 Å². The van der Waals surface area contributed by atoms with E-state index >= 15 is 0 Å². The Morgan fingerprint density at radius 3 is 2.89 bits per heavy atom. The first-order valence-electron chi connectivity index (χ1n) is 6.33. The van der Waals surface area contributed by atoms with Gasteiger partial charge in [-0.25, -0.2) is 0 Å². The summed E-state index contributed by atoms with van der Waals surface area (Å²) in [5, 5.41) is 0. The molecule has 1 aliphatic rings. The normalized spacial score (nSPS) is 15.0. The van der Waals surface area contributed by atoms with E-state index in [0.717, 1.165) is 25.1 Å². The highest BCUT2D eigenvalue weighted by Crippen LogP contribution is 2.20. The largest absolute Gasteiger partial charge is 0.394 e. The standard InChI is InChI=1S/C15H19N3O/c1-2-15(19)14(17)10-18-6-5-12-4-3-11(8-16)7-13(12)9-18/h2-4,7,10H,1,5-6,8-9,16-17H2/b14-10-. The molecule has 1 heterocycles. The second-order valence-electron chi connectivity index (χ2n) is 4.68. The molecule has 0 unspecified atom stereocenters. The van der Waals surface area contributed by atoms with Crippen molar-refractivity contribution in [3.8, 4) is 0 Å². The molecule has 0 spiro atoms. The number of allylic oxidation sites excluding steroid dienone is 1. The third-order valence-corrected chi connectivity index (χ3v) is 3.34. The lowest BCUT2D eigenvalue weighted by atomic mass is 9.97. The van der Waals surface area contributed by atoms with Crippen molar-refractivity contribution in [2.24, 2.45) is 11.5 Å². The van der Waals surface area contributed by atoms with Crippen LogP contribution in [-0.2, 0) is 24.3 Å². The summed E-state index contributed by atoms with van der Waals surface area (Å²) in [5.74, 6) is -0.235. The van der Waals surface area contributed by atoms with Gasteiger partial charge >= 0.3 is 0 Å². The van der Waals surface area contributed by atoms with Gasteiger partial charge in [0, 0.05) is 25.8 Å². The molecule has 0 amide bonds. The zero-order valence-corrected chi connectivity index (χ0v) is 10.9. The molecule has 0 atom stereocenters. The number of carbonyl (C=O) groups is 1. The van der Waals surface area contributed by atoms with Crippen molar-refractivity contribution in [3.63, 3.8) is 0 Å². The van der Waals surface area contributed by atoms with Gasteiger partial charge in [0.05, 0.1) is 5.70 Å². The number of hydrogen-bond acceptors (Lipinski definition) is 4. The first kappa shape index (κ1) is 13.4. The molecule has 1 aromatic rings. The van der Waals surface area contributed by atoms with E-state index in [4.69, 9.17) is 11.5 Å². The molecule has 4 nitrogen and oxygen atoms in total. The summed E-state index contributed by atoms with van der Waals surface area (Å²) in [6.07, 6.45) is 3.89. The summed E-state index contributed by atoms with van der Waals surface area (Å²) in [6, 6.07) is 6.33. The average molecular weight is 257 g/mol. The molecule has 4 heteroatoms. The summed E-state index contributed by atoms with van der Waals surface area (Å²) < 4.78 is 0. The van der Waals surface area contributed by atoms with Crippen LogP contribution < -0.4 is 11.5 Å². The molecule has 0 aromatic heterocycles. The number of fused-ring (bicyclic) bond motifs is 1. The third kappa shape index (κ3) is 3.03. The second-order valence-corrected chi connectivity index (χ2v) is 4.68. The van der Waals surface area contributed by atoms with E-state index in [0.29, 0.717) is 6.54 Å². The molecule has 0 saturated heterocycles. The predicted molar refractivity (Wildman–Crippen MR) is 75.9 cm³/mol. The SMILES string of the molecule is C=CC(=O)/C(N)=C/N1CCc2ccc(CN)cc2C1. The molecular weight excluding hydrogens is 238 g/mol. The molecule has 0 aliphatic carbocycles. The van der Waals surface area contributed by atoms with Gasteiger partial charge in [-0.3, -0.25) is 4.79 Å². The summed E-state index contributed by atoms with van der Waals surface area (Å²) >= 11 is 0.